The lowest BCUT2D eigenvalue weighted by Crippen LogP contribution is -2.24. The summed E-state index contributed by atoms with van der Waals surface area (Å²) in [7, 11) is 0. The fourth-order valence-corrected chi connectivity index (χ4v) is 3.19. The van der Waals surface area contributed by atoms with Crippen molar-refractivity contribution in [2.75, 3.05) is 0 Å². The van der Waals surface area contributed by atoms with Crippen molar-refractivity contribution in [3.05, 3.63) is 75.1 Å². The molecule has 3 aromatic rings. The lowest BCUT2D eigenvalue weighted by atomic mass is 10.0. The van der Waals surface area contributed by atoms with E-state index in [0.29, 0.717) is 28.9 Å². The number of aryl methyl sites for hydroxylation is 2. The SMILES string of the molecule is CCc1c(C)c2ccc(OC(C)C(=O)c3ccccc3)c(C)c2oc1=O. The molecule has 0 saturated carbocycles. The third-order valence-electron chi connectivity index (χ3n) is 4.74. The summed E-state index contributed by atoms with van der Waals surface area (Å²) in [5.74, 6) is 0.449. The average Bonchev–Trinajstić information content (AvgIpc) is 2.65. The highest BCUT2D eigenvalue weighted by Crippen LogP contribution is 2.30. The molecule has 4 nitrogen and oxygen atoms in total. The molecule has 0 amide bonds. The Morgan fingerprint density at radius 2 is 1.77 bits per heavy atom. The molecule has 0 N–H and O–H groups in total. The number of hydrogen-bond acceptors (Lipinski definition) is 4. The molecule has 0 fully saturated rings. The smallest absolute Gasteiger partial charge is 0.339 e. The van der Waals surface area contributed by atoms with E-state index in [4.69, 9.17) is 9.15 Å². The van der Waals surface area contributed by atoms with Gasteiger partial charge in [0.1, 0.15) is 11.3 Å². The van der Waals surface area contributed by atoms with Gasteiger partial charge >= 0.3 is 5.63 Å². The highest BCUT2D eigenvalue weighted by molar-refractivity contribution is 5.99. The van der Waals surface area contributed by atoms with Crippen molar-refractivity contribution < 1.29 is 13.9 Å². The second kappa shape index (κ2) is 7.16. The van der Waals surface area contributed by atoms with Crippen LogP contribution in [0.5, 0.6) is 5.75 Å². The summed E-state index contributed by atoms with van der Waals surface area (Å²) < 4.78 is 11.4. The molecule has 0 radical (unpaired) electrons. The molecule has 0 aliphatic rings. The molecule has 0 bridgehead atoms. The molecule has 1 aromatic heterocycles. The normalized spacial score (nSPS) is 12.2. The van der Waals surface area contributed by atoms with Gasteiger partial charge in [0, 0.05) is 22.1 Å². The summed E-state index contributed by atoms with van der Waals surface area (Å²) in [6.07, 6.45) is -0.0133. The van der Waals surface area contributed by atoms with Gasteiger partial charge in [0.25, 0.3) is 0 Å². The van der Waals surface area contributed by atoms with Gasteiger partial charge in [-0.1, -0.05) is 37.3 Å². The van der Waals surface area contributed by atoms with Gasteiger partial charge in [0.15, 0.2) is 6.10 Å². The maximum Gasteiger partial charge on any atom is 0.339 e. The number of ether oxygens (including phenoxy) is 1. The summed E-state index contributed by atoms with van der Waals surface area (Å²) in [6, 6.07) is 12.8. The molecule has 1 atom stereocenters. The first kappa shape index (κ1) is 17.9. The van der Waals surface area contributed by atoms with Crippen LogP contribution in [0.3, 0.4) is 0 Å². The highest BCUT2D eigenvalue weighted by Gasteiger charge is 2.19. The quantitative estimate of drug-likeness (QED) is 0.497. The van der Waals surface area contributed by atoms with Crippen LogP contribution >= 0.6 is 0 Å². The van der Waals surface area contributed by atoms with Gasteiger partial charge in [0.05, 0.1) is 0 Å². The average molecular weight is 350 g/mol. The lowest BCUT2D eigenvalue weighted by molar-refractivity contribution is 0.0817. The minimum absolute atomic E-state index is 0.0935. The van der Waals surface area contributed by atoms with Crippen LogP contribution in [0.25, 0.3) is 11.0 Å². The van der Waals surface area contributed by atoms with Crippen molar-refractivity contribution in [2.24, 2.45) is 0 Å². The molecule has 3 rings (SSSR count). The Labute approximate surface area is 152 Å². The highest BCUT2D eigenvalue weighted by atomic mass is 16.5. The van der Waals surface area contributed by atoms with Crippen molar-refractivity contribution in [3.63, 3.8) is 0 Å². The number of fused-ring (bicyclic) bond motifs is 1. The van der Waals surface area contributed by atoms with Gasteiger partial charge in [0.2, 0.25) is 5.78 Å². The fraction of sp³-hybridized carbons (Fsp3) is 0.273. The molecule has 2 aromatic carbocycles. The van der Waals surface area contributed by atoms with Crippen molar-refractivity contribution in [1.29, 1.82) is 0 Å². The van der Waals surface area contributed by atoms with Crippen molar-refractivity contribution in [1.82, 2.24) is 0 Å². The number of ketones is 1. The van der Waals surface area contributed by atoms with Gasteiger partial charge in [-0.05, 0) is 44.9 Å². The zero-order valence-electron chi connectivity index (χ0n) is 15.5. The van der Waals surface area contributed by atoms with E-state index in [9.17, 15) is 9.59 Å². The van der Waals surface area contributed by atoms with Crippen LogP contribution < -0.4 is 10.4 Å². The Morgan fingerprint density at radius 3 is 2.42 bits per heavy atom. The third kappa shape index (κ3) is 3.15. The summed E-state index contributed by atoms with van der Waals surface area (Å²) in [4.78, 5) is 24.7. The monoisotopic (exact) mass is 350 g/mol. The van der Waals surface area contributed by atoms with Gasteiger partial charge in [-0.15, -0.1) is 0 Å². The summed E-state index contributed by atoms with van der Waals surface area (Å²) in [6.45, 7) is 7.43. The predicted octanol–water partition coefficient (Wildman–Crippen LogP) is 4.62. The van der Waals surface area contributed by atoms with Crippen molar-refractivity contribution >= 4 is 16.8 Å². The van der Waals surface area contributed by atoms with E-state index >= 15 is 0 Å². The maximum atomic E-state index is 12.5. The van der Waals surface area contributed by atoms with Crippen molar-refractivity contribution in [2.45, 2.75) is 40.2 Å². The van der Waals surface area contributed by atoms with E-state index in [1.807, 2.05) is 51.1 Å². The molecule has 0 aliphatic heterocycles. The predicted molar refractivity (Wildman–Crippen MR) is 102 cm³/mol. The molecular weight excluding hydrogens is 328 g/mol. The second-order valence-electron chi connectivity index (χ2n) is 6.40. The Hall–Kier alpha value is -2.88. The fourth-order valence-electron chi connectivity index (χ4n) is 3.19. The van der Waals surface area contributed by atoms with Crippen LogP contribution in [0.2, 0.25) is 0 Å². The van der Waals surface area contributed by atoms with E-state index in [1.165, 1.54) is 0 Å². The van der Waals surface area contributed by atoms with Crippen LogP contribution in [0.4, 0.5) is 0 Å². The van der Waals surface area contributed by atoms with E-state index < -0.39 is 6.10 Å². The van der Waals surface area contributed by atoms with Crippen molar-refractivity contribution in [3.8, 4) is 5.75 Å². The first-order valence-corrected chi connectivity index (χ1v) is 8.75. The Bertz CT molecular complexity index is 1020. The van der Waals surface area contributed by atoms with Gasteiger partial charge in [-0.3, -0.25) is 4.79 Å². The standard InChI is InChI=1S/C22H22O4/c1-5-17-13(2)18-11-12-19(14(3)21(18)26-22(17)24)25-15(4)20(23)16-9-7-6-8-10-16/h6-12,15H,5H2,1-4H3. The van der Waals surface area contributed by atoms with Crippen LogP contribution in [-0.2, 0) is 6.42 Å². The number of hydrogen-bond donors (Lipinski definition) is 0. The molecule has 134 valence electrons. The Morgan fingerprint density at radius 1 is 1.08 bits per heavy atom. The summed E-state index contributed by atoms with van der Waals surface area (Å²) in [5, 5.41) is 0.897. The molecule has 0 spiro atoms. The van der Waals surface area contributed by atoms with E-state index in [-0.39, 0.29) is 11.4 Å². The van der Waals surface area contributed by atoms with Crippen LogP contribution in [0.15, 0.2) is 51.7 Å². The molecular formula is C22H22O4. The minimum Gasteiger partial charge on any atom is -0.482 e. The molecule has 1 unspecified atom stereocenters. The van der Waals surface area contributed by atoms with Crippen LogP contribution in [-0.4, -0.2) is 11.9 Å². The molecule has 1 heterocycles. The zero-order chi connectivity index (χ0) is 18.8. The van der Waals surface area contributed by atoms with Gasteiger partial charge in [-0.2, -0.15) is 0 Å². The lowest BCUT2D eigenvalue weighted by Gasteiger charge is -2.17. The van der Waals surface area contributed by atoms with Gasteiger partial charge < -0.3 is 9.15 Å². The minimum atomic E-state index is -0.642. The molecule has 0 saturated heterocycles. The molecule has 4 heteroatoms. The second-order valence-corrected chi connectivity index (χ2v) is 6.40. The Kier molecular flexibility index (Phi) is 4.94. The first-order chi connectivity index (χ1) is 12.4. The zero-order valence-corrected chi connectivity index (χ0v) is 15.5. The number of benzene rings is 2. The van der Waals surface area contributed by atoms with Gasteiger partial charge in [-0.25, -0.2) is 4.79 Å². The molecule has 26 heavy (non-hydrogen) atoms. The summed E-state index contributed by atoms with van der Waals surface area (Å²) in [5.41, 5.74) is 3.15. The number of Topliss-reactive ketones (excluding diaryl/α,β-unsaturated/α-hetero) is 1. The number of rotatable bonds is 5. The number of carbonyl (C=O) groups excluding carboxylic acids is 1. The largest absolute Gasteiger partial charge is 0.482 e. The summed E-state index contributed by atoms with van der Waals surface area (Å²) >= 11 is 0. The van der Waals surface area contributed by atoms with Crippen LogP contribution in [0.1, 0.15) is 40.9 Å². The Balaban J connectivity index is 1.98. The third-order valence-corrected chi connectivity index (χ3v) is 4.74. The molecule has 0 aliphatic carbocycles. The van der Waals surface area contributed by atoms with E-state index in [1.54, 1.807) is 19.1 Å². The van der Waals surface area contributed by atoms with E-state index in [2.05, 4.69) is 0 Å². The first-order valence-electron chi connectivity index (χ1n) is 8.75. The van der Waals surface area contributed by atoms with E-state index in [0.717, 1.165) is 16.5 Å². The van der Waals surface area contributed by atoms with Crippen LogP contribution in [0, 0.1) is 13.8 Å². The maximum absolute atomic E-state index is 12.5. The topological polar surface area (TPSA) is 56.5 Å². The number of carbonyl (C=O) groups is 1.